The molecule has 1 aromatic rings. The molecule has 2 aliphatic rings. The third-order valence-corrected chi connectivity index (χ3v) is 4.35. The Morgan fingerprint density at radius 3 is 2.83 bits per heavy atom. The van der Waals surface area contributed by atoms with Crippen LogP contribution in [0.15, 0.2) is 30.3 Å². The minimum atomic E-state index is 0.326. The van der Waals surface area contributed by atoms with Crippen molar-refractivity contribution in [2.45, 2.75) is 25.4 Å². The number of rotatable bonds is 2. The van der Waals surface area contributed by atoms with E-state index in [2.05, 4.69) is 35.2 Å². The number of amides is 1. The zero-order valence-electron chi connectivity index (χ0n) is 10.9. The van der Waals surface area contributed by atoms with Gasteiger partial charge in [-0.1, -0.05) is 30.3 Å². The minimum absolute atomic E-state index is 0.326. The maximum absolute atomic E-state index is 11.7. The van der Waals surface area contributed by atoms with Crippen molar-refractivity contribution in [1.82, 2.24) is 9.80 Å². The number of fused-ring (bicyclic) bond motifs is 1. The van der Waals surface area contributed by atoms with Crippen LogP contribution in [0.5, 0.6) is 0 Å². The van der Waals surface area contributed by atoms with Crippen LogP contribution >= 0.6 is 0 Å². The van der Waals surface area contributed by atoms with Crippen LogP contribution in [0.4, 0.5) is 0 Å². The topological polar surface area (TPSA) is 23.6 Å². The van der Waals surface area contributed by atoms with E-state index in [1.54, 1.807) is 0 Å². The lowest BCUT2D eigenvalue weighted by Crippen LogP contribution is -2.44. The fourth-order valence-electron chi connectivity index (χ4n) is 3.34. The van der Waals surface area contributed by atoms with Gasteiger partial charge >= 0.3 is 0 Å². The molecule has 0 aliphatic carbocycles. The molecule has 0 spiro atoms. The Kier molecular flexibility index (Phi) is 3.08. The quantitative estimate of drug-likeness (QED) is 0.791. The zero-order valence-corrected chi connectivity index (χ0v) is 10.9. The Labute approximate surface area is 108 Å². The van der Waals surface area contributed by atoms with Crippen molar-refractivity contribution in [2.24, 2.45) is 5.92 Å². The molecule has 2 atom stereocenters. The zero-order chi connectivity index (χ0) is 12.5. The maximum Gasteiger partial charge on any atom is 0.222 e. The SMILES string of the molecule is CN1C(=O)C[C@@H]2CN(Cc3ccccc3)CC[C@H]21. The van der Waals surface area contributed by atoms with Crippen molar-refractivity contribution in [1.29, 1.82) is 0 Å². The first-order chi connectivity index (χ1) is 8.74. The summed E-state index contributed by atoms with van der Waals surface area (Å²) >= 11 is 0. The molecule has 2 fully saturated rings. The Morgan fingerprint density at radius 1 is 1.28 bits per heavy atom. The van der Waals surface area contributed by atoms with E-state index in [9.17, 15) is 4.79 Å². The van der Waals surface area contributed by atoms with Crippen LogP contribution < -0.4 is 0 Å². The highest BCUT2D eigenvalue weighted by molar-refractivity contribution is 5.79. The molecule has 3 rings (SSSR count). The highest BCUT2D eigenvalue weighted by Crippen LogP contribution is 2.31. The number of benzene rings is 1. The van der Waals surface area contributed by atoms with Crippen molar-refractivity contribution in [3.63, 3.8) is 0 Å². The Bertz CT molecular complexity index is 431. The predicted octanol–water partition coefficient (Wildman–Crippen LogP) is 1.74. The van der Waals surface area contributed by atoms with Crippen molar-refractivity contribution in [2.75, 3.05) is 20.1 Å². The number of hydrogen-bond acceptors (Lipinski definition) is 2. The standard InChI is InChI=1S/C15H20N2O/c1-16-14-7-8-17(11-13(14)9-15(16)18)10-12-5-3-2-4-6-12/h2-6,13-14H,7-11H2,1H3/t13-,14-/m1/s1. The van der Waals surface area contributed by atoms with Gasteiger partial charge in [0.05, 0.1) is 0 Å². The number of likely N-dealkylation sites (tertiary alicyclic amines) is 2. The first-order valence-electron chi connectivity index (χ1n) is 6.76. The molecule has 1 amide bonds. The third kappa shape index (κ3) is 2.15. The smallest absolute Gasteiger partial charge is 0.222 e. The first-order valence-corrected chi connectivity index (χ1v) is 6.76. The number of piperidine rings is 1. The van der Waals surface area contributed by atoms with E-state index in [0.717, 1.165) is 32.5 Å². The first kappa shape index (κ1) is 11.7. The summed E-state index contributed by atoms with van der Waals surface area (Å²) in [6.07, 6.45) is 1.87. The summed E-state index contributed by atoms with van der Waals surface area (Å²) in [6, 6.07) is 11.1. The second kappa shape index (κ2) is 4.73. The molecule has 2 aliphatic heterocycles. The van der Waals surface area contributed by atoms with Gasteiger partial charge in [-0.2, -0.15) is 0 Å². The number of hydrogen-bond donors (Lipinski definition) is 0. The average molecular weight is 244 g/mol. The molecule has 3 heteroatoms. The van der Waals surface area contributed by atoms with Gasteiger partial charge < -0.3 is 4.90 Å². The molecular weight excluding hydrogens is 224 g/mol. The third-order valence-electron chi connectivity index (χ3n) is 4.35. The van der Waals surface area contributed by atoms with Crippen molar-refractivity contribution in [3.05, 3.63) is 35.9 Å². The summed E-state index contributed by atoms with van der Waals surface area (Å²) in [4.78, 5) is 16.2. The van der Waals surface area contributed by atoms with Crippen molar-refractivity contribution >= 4 is 5.91 Å². The molecule has 96 valence electrons. The van der Waals surface area contributed by atoms with Gasteiger partial charge in [-0.15, -0.1) is 0 Å². The molecule has 1 aromatic carbocycles. The molecule has 2 saturated heterocycles. The fraction of sp³-hybridized carbons (Fsp3) is 0.533. The fourth-order valence-corrected chi connectivity index (χ4v) is 3.34. The minimum Gasteiger partial charge on any atom is -0.342 e. The van der Waals surface area contributed by atoms with Crippen LogP contribution in [0.2, 0.25) is 0 Å². The van der Waals surface area contributed by atoms with E-state index in [4.69, 9.17) is 0 Å². The lowest BCUT2D eigenvalue weighted by molar-refractivity contribution is -0.127. The van der Waals surface area contributed by atoms with Gasteiger partial charge in [-0.25, -0.2) is 0 Å². The predicted molar refractivity (Wildman–Crippen MR) is 71.0 cm³/mol. The number of carbonyl (C=O) groups is 1. The van der Waals surface area contributed by atoms with Crippen LogP contribution in [0.25, 0.3) is 0 Å². The summed E-state index contributed by atoms with van der Waals surface area (Å²) in [5, 5.41) is 0. The highest BCUT2D eigenvalue weighted by atomic mass is 16.2. The van der Waals surface area contributed by atoms with Crippen LogP contribution in [-0.2, 0) is 11.3 Å². The van der Waals surface area contributed by atoms with E-state index in [1.807, 2.05) is 11.9 Å². The van der Waals surface area contributed by atoms with Gasteiger partial charge in [0.2, 0.25) is 5.91 Å². The summed E-state index contributed by atoms with van der Waals surface area (Å²) in [6.45, 7) is 3.19. The van der Waals surface area contributed by atoms with Crippen LogP contribution in [-0.4, -0.2) is 41.9 Å². The summed E-state index contributed by atoms with van der Waals surface area (Å²) in [5.41, 5.74) is 1.37. The van der Waals surface area contributed by atoms with Gasteiger partial charge in [0.1, 0.15) is 0 Å². The summed E-state index contributed by atoms with van der Waals surface area (Å²) in [5.74, 6) is 0.867. The molecule has 0 unspecified atom stereocenters. The Balaban J connectivity index is 1.63. The maximum atomic E-state index is 11.7. The van der Waals surface area contributed by atoms with Gasteiger partial charge in [0.25, 0.3) is 0 Å². The van der Waals surface area contributed by atoms with Crippen LogP contribution in [0, 0.1) is 5.92 Å². The van der Waals surface area contributed by atoms with Crippen molar-refractivity contribution < 1.29 is 4.79 Å². The molecule has 0 N–H and O–H groups in total. The lowest BCUT2D eigenvalue weighted by Gasteiger charge is -2.36. The summed E-state index contributed by atoms with van der Waals surface area (Å²) in [7, 11) is 1.96. The molecule has 0 radical (unpaired) electrons. The molecule has 0 bridgehead atoms. The molecule has 18 heavy (non-hydrogen) atoms. The molecule has 2 heterocycles. The highest BCUT2D eigenvalue weighted by Gasteiger charge is 2.40. The Morgan fingerprint density at radius 2 is 2.06 bits per heavy atom. The second-order valence-corrected chi connectivity index (χ2v) is 5.55. The normalized spacial score (nSPS) is 28.5. The van der Waals surface area contributed by atoms with Gasteiger partial charge in [-0.05, 0) is 12.0 Å². The Hall–Kier alpha value is -1.35. The van der Waals surface area contributed by atoms with Crippen molar-refractivity contribution in [3.8, 4) is 0 Å². The van der Waals surface area contributed by atoms with Gasteiger partial charge in [-0.3, -0.25) is 9.69 Å². The molecule has 0 saturated carbocycles. The largest absolute Gasteiger partial charge is 0.342 e. The van der Waals surface area contributed by atoms with Crippen LogP contribution in [0.3, 0.4) is 0 Å². The number of nitrogens with zero attached hydrogens (tertiary/aromatic N) is 2. The monoisotopic (exact) mass is 244 g/mol. The molecule has 0 aromatic heterocycles. The van der Waals surface area contributed by atoms with Gasteiger partial charge in [0, 0.05) is 45.1 Å². The number of carbonyl (C=O) groups excluding carboxylic acids is 1. The van der Waals surface area contributed by atoms with E-state index >= 15 is 0 Å². The second-order valence-electron chi connectivity index (χ2n) is 5.55. The average Bonchev–Trinajstić information content (AvgIpc) is 2.66. The van der Waals surface area contributed by atoms with E-state index in [-0.39, 0.29) is 0 Å². The van der Waals surface area contributed by atoms with Crippen LogP contribution in [0.1, 0.15) is 18.4 Å². The molecular formula is C15H20N2O. The van der Waals surface area contributed by atoms with E-state index in [0.29, 0.717) is 17.9 Å². The van der Waals surface area contributed by atoms with E-state index < -0.39 is 0 Å². The molecule has 3 nitrogen and oxygen atoms in total. The summed E-state index contributed by atoms with van der Waals surface area (Å²) < 4.78 is 0. The van der Waals surface area contributed by atoms with E-state index in [1.165, 1.54) is 5.56 Å². The van der Waals surface area contributed by atoms with Gasteiger partial charge in [0.15, 0.2) is 0 Å². The lowest BCUT2D eigenvalue weighted by atomic mass is 9.92.